The number of amides is 1. The third-order valence-electron chi connectivity index (χ3n) is 3.10. The molecule has 3 N–H and O–H groups in total. The Labute approximate surface area is 122 Å². The number of hydrogen-bond acceptors (Lipinski definition) is 2. The first-order valence-electron chi connectivity index (χ1n) is 7.51. The second kappa shape index (κ2) is 8.05. The monoisotopic (exact) mass is 276 g/mol. The van der Waals surface area contributed by atoms with Crippen molar-refractivity contribution in [2.24, 2.45) is 17.6 Å². The zero-order valence-electron chi connectivity index (χ0n) is 13.1. The Balaban J connectivity index is 2.49. The molecule has 1 atom stereocenters. The Bertz CT molecular complexity index is 410. The molecule has 112 valence electrons. The maximum Gasteiger partial charge on any atom is 0.224 e. The van der Waals surface area contributed by atoms with Crippen molar-refractivity contribution in [1.82, 2.24) is 0 Å². The molecule has 0 aliphatic rings. The van der Waals surface area contributed by atoms with Crippen molar-refractivity contribution in [1.29, 1.82) is 0 Å². The molecule has 0 aliphatic carbocycles. The van der Waals surface area contributed by atoms with Gasteiger partial charge in [-0.2, -0.15) is 0 Å². The molecule has 0 saturated carbocycles. The number of nitrogens with one attached hydrogen (secondary N) is 1. The van der Waals surface area contributed by atoms with E-state index in [2.05, 4.69) is 19.2 Å². The molecule has 0 aromatic heterocycles. The molecule has 1 unspecified atom stereocenters. The fourth-order valence-electron chi connectivity index (χ4n) is 2.30. The first kappa shape index (κ1) is 16.7. The third-order valence-corrected chi connectivity index (χ3v) is 3.10. The lowest BCUT2D eigenvalue weighted by atomic mass is 9.98. The summed E-state index contributed by atoms with van der Waals surface area (Å²) < 4.78 is 0. The van der Waals surface area contributed by atoms with E-state index in [1.807, 2.05) is 38.1 Å². The molecular weight excluding hydrogens is 248 g/mol. The SMILES string of the molecule is CC(C)CC(=O)Nc1ccc(CC(N)CC(C)C)cc1. The van der Waals surface area contributed by atoms with E-state index in [0.29, 0.717) is 18.3 Å². The van der Waals surface area contributed by atoms with Crippen LogP contribution in [0.4, 0.5) is 5.69 Å². The van der Waals surface area contributed by atoms with Crippen LogP contribution in [0.5, 0.6) is 0 Å². The number of carbonyl (C=O) groups excluding carboxylic acids is 1. The van der Waals surface area contributed by atoms with E-state index in [4.69, 9.17) is 5.73 Å². The summed E-state index contributed by atoms with van der Waals surface area (Å²) in [7, 11) is 0. The lowest BCUT2D eigenvalue weighted by Gasteiger charge is -2.14. The minimum absolute atomic E-state index is 0.0734. The largest absolute Gasteiger partial charge is 0.327 e. The van der Waals surface area contributed by atoms with E-state index in [-0.39, 0.29) is 11.9 Å². The molecule has 1 aromatic rings. The fraction of sp³-hybridized carbons (Fsp3) is 0.588. The van der Waals surface area contributed by atoms with Crippen LogP contribution >= 0.6 is 0 Å². The van der Waals surface area contributed by atoms with Gasteiger partial charge in [-0.1, -0.05) is 39.8 Å². The smallest absolute Gasteiger partial charge is 0.224 e. The van der Waals surface area contributed by atoms with E-state index < -0.39 is 0 Å². The van der Waals surface area contributed by atoms with Gasteiger partial charge in [0.25, 0.3) is 0 Å². The van der Waals surface area contributed by atoms with Crippen molar-refractivity contribution >= 4 is 11.6 Å². The van der Waals surface area contributed by atoms with Gasteiger partial charge in [0.15, 0.2) is 0 Å². The van der Waals surface area contributed by atoms with Gasteiger partial charge >= 0.3 is 0 Å². The van der Waals surface area contributed by atoms with Crippen LogP contribution in [0.3, 0.4) is 0 Å². The molecule has 0 fully saturated rings. The number of carbonyl (C=O) groups is 1. The molecule has 0 radical (unpaired) electrons. The topological polar surface area (TPSA) is 55.1 Å². The van der Waals surface area contributed by atoms with Crippen molar-refractivity contribution in [3.8, 4) is 0 Å². The molecule has 20 heavy (non-hydrogen) atoms. The Morgan fingerprint density at radius 2 is 1.70 bits per heavy atom. The first-order valence-corrected chi connectivity index (χ1v) is 7.51. The Hall–Kier alpha value is -1.35. The van der Waals surface area contributed by atoms with Crippen molar-refractivity contribution in [3.63, 3.8) is 0 Å². The van der Waals surface area contributed by atoms with Gasteiger partial charge in [0.05, 0.1) is 0 Å². The molecule has 0 saturated heterocycles. The van der Waals surface area contributed by atoms with E-state index in [1.165, 1.54) is 5.56 Å². The molecule has 1 amide bonds. The molecule has 3 heteroatoms. The molecule has 0 spiro atoms. The van der Waals surface area contributed by atoms with Crippen LogP contribution in [0.15, 0.2) is 24.3 Å². The number of nitrogens with two attached hydrogens (primary N) is 1. The van der Waals surface area contributed by atoms with Gasteiger partial charge in [0.2, 0.25) is 5.91 Å². The summed E-state index contributed by atoms with van der Waals surface area (Å²) in [6, 6.07) is 8.21. The Kier molecular flexibility index (Phi) is 6.73. The maximum atomic E-state index is 11.7. The predicted molar refractivity (Wildman–Crippen MR) is 85.7 cm³/mol. The van der Waals surface area contributed by atoms with Crippen LogP contribution in [-0.2, 0) is 11.2 Å². The third kappa shape index (κ3) is 6.71. The van der Waals surface area contributed by atoms with Gasteiger partial charge in [-0.3, -0.25) is 4.79 Å². The zero-order chi connectivity index (χ0) is 15.1. The van der Waals surface area contributed by atoms with E-state index in [0.717, 1.165) is 18.5 Å². The van der Waals surface area contributed by atoms with Gasteiger partial charge in [0, 0.05) is 18.2 Å². The standard InChI is InChI=1S/C17H28N2O/c1-12(2)9-15(18)11-14-5-7-16(8-6-14)19-17(20)10-13(3)4/h5-8,12-13,15H,9-11,18H2,1-4H3,(H,19,20). The second-order valence-electron chi connectivity index (χ2n) is 6.44. The van der Waals surface area contributed by atoms with Crippen LogP contribution in [-0.4, -0.2) is 11.9 Å². The van der Waals surface area contributed by atoms with Crippen molar-refractivity contribution in [2.45, 2.75) is 53.0 Å². The molecule has 1 aromatic carbocycles. The molecule has 1 rings (SSSR count). The summed E-state index contributed by atoms with van der Waals surface area (Å²) in [5, 5.41) is 2.92. The van der Waals surface area contributed by atoms with Gasteiger partial charge in [-0.25, -0.2) is 0 Å². The molecule has 0 heterocycles. The lowest BCUT2D eigenvalue weighted by Crippen LogP contribution is -2.24. The summed E-state index contributed by atoms with van der Waals surface area (Å²) in [5.74, 6) is 1.08. The highest BCUT2D eigenvalue weighted by Crippen LogP contribution is 2.14. The van der Waals surface area contributed by atoms with Gasteiger partial charge < -0.3 is 11.1 Å². The van der Waals surface area contributed by atoms with Crippen molar-refractivity contribution in [3.05, 3.63) is 29.8 Å². The first-order chi connectivity index (χ1) is 9.36. The van der Waals surface area contributed by atoms with Gasteiger partial charge in [0.1, 0.15) is 0 Å². The minimum Gasteiger partial charge on any atom is -0.327 e. The van der Waals surface area contributed by atoms with E-state index >= 15 is 0 Å². The Morgan fingerprint density at radius 1 is 1.10 bits per heavy atom. The number of rotatable bonds is 7. The maximum absolute atomic E-state index is 11.7. The summed E-state index contributed by atoms with van der Waals surface area (Å²) in [6.07, 6.45) is 2.48. The van der Waals surface area contributed by atoms with Crippen LogP contribution in [0.25, 0.3) is 0 Å². The quantitative estimate of drug-likeness (QED) is 0.799. The Morgan fingerprint density at radius 3 is 2.20 bits per heavy atom. The molecule has 0 bridgehead atoms. The van der Waals surface area contributed by atoms with Crippen LogP contribution in [0.1, 0.15) is 46.1 Å². The van der Waals surface area contributed by atoms with Crippen molar-refractivity contribution < 1.29 is 4.79 Å². The summed E-state index contributed by atoms with van der Waals surface area (Å²) in [5.41, 5.74) is 8.19. The average molecular weight is 276 g/mol. The zero-order valence-corrected chi connectivity index (χ0v) is 13.1. The van der Waals surface area contributed by atoms with Gasteiger partial charge in [-0.05, 0) is 42.4 Å². The highest BCUT2D eigenvalue weighted by molar-refractivity contribution is 5.90. The molecule has 0 aliphatic heterocycles. The number of hydrogen-bond donors (Lipinski definition) is 2. The number of benzene rings is 1. The van der Waals surface area contributed by atoms with Gasteiger partial charge in [-0.15, -0.1) is 0 Å². The van der Waals surface area contributed by atoms with Crippen LogP contribution in [0.2, 0.25) is 0 Å². The molecular formula is C17H28N2O. The van der Waals surface area contributed by atoms with E-state index in [1.54, 1.807) is 0 Å². The van der Waals surface area contributed by atoms with E-state index in [9.17, 15) is 4.79 Å². The summed E-state index contributed by atoms with van der Waals surface area (Å²) in [4.78, 5) is 11.7. The normalized spacial score (nSPS) is 12.8. The number of anilines is 1. The molecule has 3 nitrogen and oxygen atoms in total. The predicted octanol–water partition coefficient (Wildman–Crippen LogP) is 3.59. The lowest BCUT2D eigenvalue weighted by molar-refractivity contribution is -0.116. The fourth-order valence-corrected chi connectivity index (χ4v) is 2.30. The highest BCUT2D eigenvalue weighted by atomic mass is 16.1. The van der Waals surface area contributed by atoms with Crippen LogP contribution in [0, 0.1) is 11.8 Å². The summed E-state index contributed by atoms with van der Waals surface area (Å²) in [6.45, 7) is 8.46. The van der Waals surface area contributed by atoms with Crippen molar-refractivity contribution in [2.75, 3.05) is 5.32 Å². The summed E-state index contributed by atoms with van der Waals surface area (Å²) >= 11 is 0. The average Bonchev–Trinajstić information content (AvgIpc) is 2.29. The second-order valence-corrected chi connectivity index (χ2v) is 6.44. The highest BCUT2D eigenvalue weighted by Gasteiger charge is 2.08. The minimum atomic E-state index is 0.0734. The van der Waals surface area contributed by atoms with Crippen LogP contribution < -0.4 is 11.1 Å².